The molecule has 0 aliphatic carbocycles. The van der Waals surface area contributed by atoms with Crippen LogP contribution in [0.25, 0.3) is 11.4 Å². The Balaban J connectivity index is 2.08. The summed E-state index contributed by atoms with van der Waals surface area (Å²) in [6.45, 7) is 1.40. The molecular formula is C20H18N4O5S. The van der Waals surface area contributed by atoms with E-state index >= 15 is 0 Å². The predicted octanol–water partition coefficient (Wildman–Crippen LogP) is 3.80. The molecule has 154 valence electrons. The lowest BCUT2D eigenvalue weighted by molar-refractivity contribution is 0.206. The molecule has 0 unspecified atom stereocenters. The van der Waals surface area contributed by atoms with Crippen molar-refractivity contribution >= 4 is 34.3 Å². The molecule has 9 nitrogen and oxygen atoms in total. The molecule has 0 bridgehead atoms. The fraction of sp³-hybridized carbons (Fsp3) is 0.150. The number of aromatic nitrogens is 2. The lowest BCUT2D eigenvalue weighted by Crippen LogP contribution is -2.14. The van der Waals surface area contributed by atoms with E-state index < -0.39 is 6.09 Å². The van der Waals surface area contributed by atoms with E-state index in [0.29, 0.717) is 28.5 Å². The zero-order valence-corrected chi connectivity index (χ0v) is 16.9. The van der Waals surface area contributed by atoms with Crippen molar-refractivity contribution in [1.82, 2.24) is 10.1 Å². The molecule has 0 saturated heterocycles. The Bertz CT molecular complexity index is 1120. The highest BCUT2D eigenvalue weighted by molar-refractivity contribution is 8.15. The number of rotatable bonds is 5. The first-order valence-corrected chi connectivity index (χ1v) is 9.91. The van der Waals surface area contributed by atoms with Gasteiger partial charge in [0.05, 0.1) is 12.3 Å². The van der Waals surface area contributed by atoms with Gasteiger partial charge in [-0.2, -0.15) is 9.98 Å². The number of aromatic hydroxyl groups is 1. The van der Waals surface area contributed by atoms with Crippen molar-refractivity contribution in [2.45, 2.75) is 13.5 Å². The van der Waals surface area contributed by atoms with Crippen LogP contribution < -0.4 is 0 Å². The van der Waals surface area contributed by atoms with Gasteiger partial charge < -0.3 is 19.8 Å². The van der Waals surface area contributed by atoms with Gasteiger partial charge in [0.15, 0.2) is 0 Å². The topological polar surface area (TPSA) is 141 Å². The summed E-state index contributed by atoms with van der Waals surface area (Å²) in [6.07, 6.45) is 0.312. The number of amides is 1. The molecule has 3 rings (SSSR count). The highest BCUT2D eigenvalue weighted by Crippen LogP contribution is 2.24. The fourth-order valence-corrected chi connectivity index (χ4v) is 3.18. The summed E-state index contributed by atoms with van der Waals surface area (Å²) in [6, 6.07) is 11.4. The number of phenolic OH excluding ortho intramolecular Hbond substituents is 1. The minimum Gasteiger partial charge on any atom is -0.508 e. The molecule has 1 heterocycles. The second-order valence-electron chi connectivity index (χ2n) is 6.09. The van der Waals surface area contributed by atoms with Gasteiger partial charge in [0.25, 0.3) is 0 Å². The SMILES string of the molecule is CSC(=NC(=O)O)C(=Nc1ccc(-c2noc(C)n2)cc1)c1cc(O)cc(CO)c1. The average Bonchev–Trinajstić information content (AvgIpc) is 3.16. The Kier molecular flexibility index (Phi) is 6.60. The Labute approximate surface area is 175 Å². The van der Waals surface area contributed by atoms with Crippen LogP contribution in [0.2, 0.25) is 0 Å². The van der Waals surface area contributed by atoms with Crippen LogP contribution in [0, 0.1) is 6.92 Å². The highest BCUT2D eigenvalue weighted by atomic mass is 32.2. The summed E-state index contributed by atoms with van der Waals surface area (Å²) in [5.74, 6) is 0.816. The molecule has 2 aromatic carbocycles. The monoisotopic (exact) mass is 426 g/mol. The number of aliphatic hydroxyl groups excluding tert-OH is 1. The number of hydrogen-bond donors (Lipinski definition) is 3. The van der Waals surface area contributed by atoms with Gasteiger partial charge in [0.2, 0.25) is 11.7 Å². The summed E-state index contributed by atoms with van der Waals surface area (Å²) in [4.78, 5) is 23.5. The molecule has 0 spiro atoms. The predicted molar refractivity (Wildman–Crippen MR) is 114 cm³/mol. The van der Waals surface area contributed by atoms with Crippen molar-refractivity contribution in [2.24, 2.45) is 9.98 Å². The smallest absolute Gasteiger partial charge is 0.432 e. The second-order valence-corrected chi connectivity index (χ2v) is 6.89. The number of hydrogen-bond acceptors (Lipinski definition) is 8. The minimum atomic E-state index is -1.36. The number of thioether (sulfide) groups is 1. The Morgan fingerprint density at radius 3 is 2.50 bits per heavy atom. The number of aliphatic hydroxyl groups is 1. The largest absolute Gasteiger partial charge is 0.508 e. The molecule has 0 radical (unpaired) electrons. The molecule has 30 heavy (non-hydrogen) atoms. The standard InChI is InChI=1S/C20H18N4O5S/c1-11-21-18(24-29-11)13-3-5-15(6-4-13)22-17(19(30-2)23-20(27)28)14-7-12(10-25)8-16(26)9-14/h3-9,25-26H,10H2,1-2H3,(H,27,28). The van der Waals surface area contributed by atoms with E-state index in [0.717, 1.165) is 17.3 Å². The second kappa shape index (κ2) is 9.33. The molecule has 10 heteroatoms. The third kappa shape index (κ3) is 5.10. The summed E-state index contributed by atoms with van der Waals surface area (Å²) >= 11 is 1.10. The molecule has 0 fully saturated rings. The molecule has 3 N–H and O–H groups in total. The van der Waals surface area contributed by atoms with E-state index in [4.69, 9.17) is 9.63 Å². The van der Waals surface area contributed by atoms with E-state index in [1.807, 2.05) is 0 Å². The van der Waals surface area contributed by atoms with Crippen molar-refractivity contribution in [3.63, 3.8) is 0 Å². The van der Waals surface area contributed by atoms with Crippen LogP contribution in [0.3, 0.4) is 0 Å². The van der Waals surface area contributed by atoms with Crippen LogP contribution in [0.5, 0.6) is 5.75 Å². The van der Waals surface area contributed by atoms with Crippen LogP contribution in [-0.2, 0) is 6.61 Å². The van der Waals surface area contributed by atoms with Gasteiger partial charge in [0, 0.05) is 18.1 Å². The number of benzene rings is 2. The Morgan fingerprint density at radius 1 is 1.20 bits per heavy atom. The van der Waals surface area contributed by atoms with E-state index in [9.17, 15) is 15.0 Å². The number of phenols is 1. The first kappa shape index (κ1) is 21.2. The third-order valence-corrected chi connectivity index (χ3v) is 4.59. The first-order valence-electron chi connectivity index (χ1n) is 8.69. The lowest BCUT2D eigenvalue weighted by Gasteiger charge is -2.10. The van der Waals surface area contributed by atoms with Gasteiger partial charge in [-0.25, -0.2) is 9.79 Å². The maximum atomic E-state index is 11.2. The van der Waals surface area contributed by atoms with Gasteiger partial charge in [0.1, 0.15) is 16.5 Å². The van der Waals surface area contributed by atoms with Gasteiger partial charge in [-0.15, -0.1) is 11.8 Å². The Morgan fingerprint density at radius 2 is 1.93 bits per heavy atom. The number of carboxylic acid groups (broad SMARTS) is 1. The average molecular weight is 426 g/mol. The zero-order valence-electron chi connectivity index (χ0n) is 16.1. The molecular weight excluding hydrogens is 408 g/mol. The molecule has 3 aromatic rings. The Hall–Kier alpha value is -3.50. The van der Waals surface area contributed by atoms with Gasteiger partial charge >= 0.3 is 6.09 Å². The van der Waals surface area contributed by atoms with E-state index in [-0.39, 0.29) is 23.1 Å². The first-order chi connectivity index (χ1) is 14.4. The highest BCUT2D eigenvalue weighted by Gasteiger charge is 2.16. The van der Waals surface area contributed by atoms with Crippen molar-refractivity contribution in [1.29, 1.82) is 0 Å². The van der Waals surface area contributed by atoms with Crippen molar-refractivity contribution in [3.05, 3.63) is 59.5 Å². The van der Waals surface area contributed by atoms with Crippen LogP contribution in [0.1, 0.15) is 17.0 Å². The minimum absolute atomic E-state index is 0.0807. The maximum absolute atomic E-state index is 11.2. The van der Waals surface area contributed by atoms with Crippen molar-refractivity contribution in [2.75, 3.05) is 6.26 Å². The molecule has 1 amide bonds. The van der Waals surface area contributed by atoms with E-state index in [1.54, 1.807) is 43.5 Å². The van der Waals surface area contributed by atoms with Crippen LogP contribution in [0.15, 0.2) is 57.0 Å². The third-order valence-electron chi connectivity index (χ3n) is 3.92. The van der Waals surface area contributed by atoms with Crippen LogP contribution in [-0.4, -0.2) is 48.6 Å². The number of carbonyl (C=O) groups is 1. The quantitative estimate of drug-likeness (QED) is 0.413. The number of aryl methyl sites for hydroxylation is 1. The molecule has 1 aromatic heterocycles. The molecule has 0 aliphatic rings. The molecule has 0 saturated carbocycles. The van der Waals surface area contributed by atoms with Gasteiger partial charge in [-0.1, -0.05) is 5.16 Å². The normalized spacial score (nSPS) is 12.2. The van der Waals surface area contributed by atoms with E-state index in [1.165, 1.54) is 12.1 Å². The van der Waals surface area contributed by atoms with Crippen LogP contribution in [0.4, 0.5) is 10.5 Å². The zero-order chi connectivity index (χ0) is 21.7. The van der Waals surface area contributed by atoms with Crippen LogP contribution >= 0.6 is 11.8 Å². The maximum Gasteiger partial charge on any atom is 0.432 e. The number of nitrogens with zero attached hydrogens (tertiary/aromatic N) is 4. The molecule has 0 aliphatic heterocycles. The lowest BCUT2D eigenvalue weighted by atomic mass is 10.1. The van der Waals surface area contributed by atoms with E-state index in [2.05, 4.69) is 20.1 Å². The van der Waals surface area contributed by atoms with Gasteiger partial charge in [-0.3, -0.25) is 0 Å². The summed E-state index contributed by atoms with van der Waals surface area (Å²) in [5.41, 5.74) is 2.38. The van der Waals surface area contributed by atoms with Crippen molar-refractivity contribution < 1.29 is 24.6 Å². The van der Waals surface area contributed by atoms with Gasteiger partial charge in [-0.05, 0) is 54.3 Å². The summed E-state index contributed by atoms with van der Waals surface area (Å²) in [5, 5.41) is 32.6. The van der Waals surface area contributed by atoms with Crippen molar-refractivity contribution in [3.8, 4) is 17.1 Å². The summed E-state index contributed by atoms with van der Waals surface area (Å²) in [7, 11) is 0. The number of aliphatic imine (C=N–C) groups is 2. The molecule has 0 atom stereocenters. The summed E-state index contributed by atoms with van der Waals surface area (Å²) < 4.78 is 4.98. The fourth-order valence-electron chi connectivity index (χ4n) is 2.65.